The molecule has 0 saturated carbocycles. The minimum absolute atomic E-state index is 0.0388. The minimum atomic E-state index is -4.46. The van der Waals surface area contributed by atoms with Crippen LogP contribution in [0.5, 0.6) is 5.75 Å². The van der Waals surface area contributed by atoms with Crippen molar-refractivity contribution in [2.24, 2.45) is 5.92 Å². The molecular weight excluding hydrogens is 856 g/mol. The summed E-state index contributed by atoms with van der Waals surface area (Å²) in [4.78, 5) is 34.3. The number of dihydropyridines is 1. The molecule has 3 saturated heterocycles. The van der Waals surface area contributed by atoms with Crippen LogP contribution in [-0.2, 0) is 19.5 Å². The first kappa shape index (κ1) is 45.6. The predicted molar refractivity (Wildman–Crippen MR) is 248 cm³/mol. The zero-order chi connectivity index (χ0) is 44.7. The van der Waals surface area contributed by atoms with Gasteiger partial charge in [0, 0.05) is 91.9 Å². The lowest BCUT2D eigenvalue weighted by Crippen LogP contribution is -2.50. The number of ether oxygens (including phenoxy) is 3. The van der Waals surface area contributed by atoms with Gasteiger partial charge >= 0.3 is 6.73 Å². The Labute approximate surface area is 381 Å². The number of likely N-dealkylation sites (tertiary alicyclic amines) is 1. The van der Waals surface area contributed by atoms with Crippen LogP contribution >= 0.6 is 11.6 Å². The number of hydrogen-bond acceptors (Lipinski definition) is 13. The van der Waals surface area contributed by atoms with E-state index in [1.165, 1.54) is 43.7 Å². The SMILES string of the molecule is COC[N+](=O)c1cc(S(=O)(=O)NC(=O)c2ccc(N3CCC(CN4CCCCC4c4ccc(Cl)cc4)CC3)cc2OC2=CNC3(C)NC=CC3=C2)ccc1NCCCN1CCOCC1. The second kappa shape index (κ2) is 20.5. The minimum Gasteiger partial charge on any atom is -0.455 e. The van der Waals surface area contributed by atoms with Gasteiger partial charge in [0.05, 0.1) is 28.4 Å². The number of carbonyl (C=O) groups is 1. The number of nitrogens with zero attached hydrogens (tertiary/aromatic N) is 4. The fourth-order valence-electron chi connectivity index (χ4n) is 9.23. The number of nitrogens with one attached hydrogen (secondary N) is 4. The number of sulfonamides is 1. The lowest BCUT2D eigenvalue weighted by atomic mass is 9.91. The van der Waals surface area contributed by atoms with Crippen LogP contribution in [0.1, 0.15) is 67.4 Å². The van der Waals surface area contributed by atoms with Crippen LogP contribution in [-0.4, -0.2) is 114 Å². The number of hydrogen-bond donors (Lipinski definition) is 4. The standard InChI is InChI=1S/C47H59ClN8O7S/c1-47-36(15-19-50-47)28-39(31-51-47)63-45-29-38(54-22-16-34(17-23-54)32-55-21-4-3-6-43(55)35-7-9-37(48)10-8-35)11-13-41(45)46(57)52-64(59,60)40-12-14-42(44(30-40)56(58)33-61-2)49-18-5-20-53-24-26-62-27-25-53/h7-15,19,28-31,34,43,50-51H,3-6,16-18,20-27,32-33H2,1-2H3,(H-,49,52,57,58)/p+1. The number of piperidine rings is 2. The van der Waals surface area contributed by atoms with E-state index in [1.54, 1.807) is 12.3 Å². The lowest BCUT2D eigenvalue weighted by Gasteiger charge is -2.41. The Morgan fingerprint density at radius 2 is 1.78 bits per heavy atom. The van der Waals surface area contributed by atoms with Gasteiger partial charge in [0.1, 0.15) is 22.9 Å². The second-order valence-electron chi connectivity index (χ2n) is 17.3. The Kier molecular flexibility index (Phi) is 14.6. The third-order valence-corrected chi connectivity index (χ3v) is 14.5. The highest BCUT2D eigenvalue weighted by molar-refractivity contribution is 7.90. The third-order valence-electron chi connectivity index (χ3n) is 12.9. The number of fused-ring (bicyclic) bond motifs is 1. The van der Waals surface area contributed by atoms with E-state index in [0.717, 1.165) is 87.8 Å². The molecule has 2 atom stereocenters. The van der Waals surface area contributed by atoms with Crippen LogP contribution in [0.25, 0.3) is 0 Å². The summed E-state index contributed by atoms with van der Waals surface area (Å²) in [5.41, 5.74) is 3.21. The number of methoxy groups -OCH3 is 1. The molecule has 0 aromatic heterocycles. The van der Waals surface area contributed by atoms with Gasteiger partial charge in [0.25, 0.3) is 21.6 Å². The Morgan fingerprint density at radius 1 is 0.984 bits per heavy atom. The van der Waals surface area contributed by atoms with Crippen molar-refractivity contribution in [3.63, 3.8) is 0 Å². The normalized spacial score (nSPS) is 21.9. The highest BCUT2D eigenvalue weighted by Crippen LogP contribution is 2.36. The molecule has 2 unspecified atom stereocenters. The van der Waals surface area contributed by atoms with E-state index in [9.17, 15) is 18.1 Å². The monoisotopic (exact) mass is 915 g/mol. The van der Waals surface area contributed by atoms with Gasteiger partial charge in [-0.1, -0.05) is 30.2 Å². The molecule has 3 fully saturated rings. The molecule has 5 heterocycles. The molecule has 8 rings (SSSR count). The Balaban J connectivity index is 0.976. The van der Waals surface area contributed by atoms with Gasteiger partial charge < -0.3 is 35.1 Å². The van der Waals surface area contributed by atoms with Gasteiger partial charge in [-0.05, 0) is 118 Å². The Bertz CT molecular complexity index is 2360. The van der Waals surface area contributed by atoms with E-state index < -0.39 is 21.6 Å². The van der Waals surface area contributed by atoms with Crippen molar-refractivity contribution in [2.45, 2.75) is 62.0 Å². The van der Waals surface area contributed by atoms with Crippen LogP contribution in [0.2, 0.25) is 5.02 Å². The smallest absolute Gasteiger partial charge is 0.301 e. The number of carbonyl (C=O) groups excluding carboxylic acids is 1. The topological polar surface area (TPSA) is 157 Å². The summed E-state index contributed by atoms with van der Waals surface area (Å²) < 4.78 is 47.7. The van der Waals surface area contributed by atoms with Crippen LogP contribution < -0.4 is 30.3 Å². The van der Waals surface area contributed by atoms with Crippen LogP contribution in [0.15, 0.2) is 101 Å². The molecule has 0 aliphatic carbocycles. The van der Waals surface area contributed by atoms with Crippen molar-refractivity contribution in [2.75, 3.05) is 89.6 Å². The first-order valence-corrected chi connectivity index (χ1v) is 24.2. The van der Waals surface area contributed by atoms with E-state index >= 15 is 0 Å². The van der Waals surface area contributed by atoms with Crippen molar-refractivity contribution in [3.05, 3.63) is 118 Å². The van der Waals surface area contributed by atoms with E-state index in [4.69, 9.17) is 25.8 Å². The summed E-state index contributed by atoms with van der Waals surface area (Å²) in [6, 6.07) is 18.1. The number of benzene rings is 3. The molecule has 0 radical (unpaired) electrons. The molecule has 5 aliphatic rings. The second-order valence-corrected chi connectivity index (χ2v) is 19.4. The maximum Gasteiger partial charge on any atom is 0.301 e. The number of amides is 1. The molecular formula is C47H60ClN8O7S+. The van der Waals surface area contributed by atoms with E-state index in [2.05, 4.69) is 47.5 Å². The van der Waals surface area contributed by atoms with E-state index in [0.29, 0.717) is 47.9 Å². The highest BCUT2D eigenvalue weighted by Gasteiger charge is 2.33. The number of anilines is 2. The zero-order valence-electron chi connectivity index (χ0n) is 36.7. The van der Waals surface area contributed by atoms with Crippen LogP contribution in [0.4, 0.5) is 17.1 Å². The molecule has 64 heavy (non-hydrogen) atoms. The Hall–Kier alpha value is -4.97. The predicted octanol–water partition coefficient (Wildman–Crippen LogP) is 6.63. The summed E-state index contributed by atoms with van der Waals surface area (Å²) in [7, 11) is -3.07. The summed E-state index contributed by atoms with van der Waals surface area (Å²) in [5, 5.41) is 10.6. The van der Waals surface area contributed by atoms with Gasteiger partial charge in [-0.3, -0.25) is 14.6 Å². The van der Waals surface area contributed by atoms with Gasteiger partial charge in [0.2, 0.25) is 0 Å². The summed E-state index contributed by atoms with van der Waals surface area (Å²) in [6.07, 6.45) is 13.8. The zero-order valence-corrected chi connectivity index (χ0v) is 38.3. The first-order chi connectivity index (χ1) is 31.0. The molecule has 0 spiro atoms. The van der Waals surface area contributed by atoms with Crippen molar-refractivity contribution >= 4 is 44.6 Å². The fourth-order valence-corrected chi connectivity index (χ4v) is 10.3. The van der Waals surface area contributed by atoms with E-state index in [1.807, 2.05) is 49.5 Å². The molecule has 17 heteroatoms. The molecule has 5 aliphatic heterocycles. The summed E-state index contributed by atoms with van der Waals surface area (Å²) >= 11 is 6.22. The third kappa shape index (κ3) is 10.9. The molecule has 3 aromatic rings. The van der Waals surface area contributed by atoms with Crippen molar-refractivity contribution in [1.29, 1.82) is 0 Å². The van der Waals surface area contributed by atoms with Crippen LogP contribution in [0.3, 0.4) is 0 Å². The van der Waals surface area contributed by atoms with Crippen molar-refractivity contribution in [3.8, 4) is 5.75 Å². The number of morpholine rings is 1. The Morgan fingerprint density at radius 3 is 2.56 bits per heavy atom. The van der Waals surface area contributed by atoms with Crippen molar-refractivity contribution in [1.82, 2.24) is 25.2 Å². The highest BCUT2D eigenvalue weighted by atomic mass is 35.5. The summed E-state index contributed by atoms with van der Waals surface area (Å²) in [5.74, 6) is 0.329. The number of allylic oxidation sites excluding steroid dienone is 1. The molecule has 1 amide bonds. The average molecular weight is 917 g/mol. The average Bonchev–Trinajstić information content (AvgIpc) is 3.69. The maximum absolute atomic E-state index is 14.1. The molecule has 15 nitrogen and oxygen atoms in total. The number of rotatable bonds is 17. The van der Waals surface area contributed by atoms with Gasteiger partial charge in [-0.2, -0.15) is 0 Å². The van der Waals surface area contributed by atoms with Gasteiger partial charge in [-0.15, -0.1) is 0 Å². The number of halogens is 1. The van der Waals surface area contributed by atoms with Gasteiger partial charge in [0.15, 0.2) is 0 Å². The fraction of sp³-hybridized carbons (Fsp3) is 0.468. The summed E-state index contributed by atoms with van der Waals surface area (Å²) in [6.45, 7) is 10.0. The quantitative estimate of drug-likeness (QED) is 0.0651. The first-order valence-electron chi connectivity index (χ1n) is 22.4. The molecule has 342 valence electrons. The molecule has 4 N–H and O–H groups in total. The maximum atomic E-state index is 14.1. The largest absolute Gasteiger partial charge is 0.455 e. The lowest BCUT2D eigenvalue weighted by molar-refractivity contribution is -0.507. The molecule has 3 aromatic carbocycles. The number of nitroso groups, excluding NO2 is 1. The van der Waals surface area contributed by atoms with Crippen molar-refractivity contribution < 1.29 is 32.2 Å². The van der Waals surface area contributed by atoms with E-state index in [-0.39, 0.29) is 28.6 Å². The molecule has 0 bridgehead atoms. The van der Waals surface area contributed by atoms with Crippen LogP contribution in [0, 0.1) is 10.8 Å². The van der Waals surface area contributed by atoms with Gasteiger partial charge in [-0.25, -0.2) is 13.1 Å².